The molecule has 0 amide bonds. The molecule has 3 unspecified atom stereocenters. The molecule has 2 bridgehead atoms. The third kappa shape index (κ3) is 1.41. The Hall–Kier alpha value is -0.0200. The van der Waals surface area contributed by atoms with Gasteiger partial charge in [-0.3, -0.25) is 9.69 Å². The van der Waals surface area contributed by atoms with Gasteiger partial charge in [0.05, 0.1) is 0 Å². The molecule has 3 aliphatic rings. The first-order chi connectivity index (χ1) is 6.84. The maximum absolute atomic E-state index is 11.5. The molecule has 78 valence electrons. The minimum atomic E-state index is 0.513. The van der Waals surface area contributed by atoms with Crippen molar-refractivity contribution in [1.29, 1.82) is 0 Å². The summed E-state index contributed by atoms with van der Waals surface area (Å²) in [4.78, 5) is 14.1. The Kier molecular flexibility index (Phi) is 2.32. The van der Waals surface area contributed by atoms with Crippen LogP contribution in [0.5, 0.6) is 0 Å². The molecule has 0 aromatic heterocycles. The van der Waals surface area contributed by atoms with Crippen molar-refractivity contribution in [3.63, 3.8) is 0 Å². The molecule has 0 spiro atoms. The fraction of sp³-hybridized carbons (Fsp3) is 0.909. The first-order valence-electron chi connectivity index (χ1n) is 5.71. The fourth-order valence-corrected chi connectivity index (χ4v) is 4.57. The second-order valence-corrected chi connectivity index (χ2v) is 5.95. The third-order valence-electron chi connectivity index (χ3n) is 3.93. The molecule has 3 fully saturated rings. The fourth-order valence-electron chi connectivity index (χ4n) is 3.36. The summed E-state index contributed by atoms with van der Waals surface area (Å²) in [6, 6.07) is 2.03. The van der Waals surface area contributed by atoms with Crippen molar-refractivity contribution >= 4 is 17.5 Å². The first kappa shape index (κ1) is 9.22. The summed E-state index contributed by atoms with van der Waals surface area (Å²) in [6.07, 6.45) is 5.59. The summed E-state index contributed by atoms with van der Waals surface area (Å²) >= 11 is 2.08. The van der Waals surface area contributed by atoms with Crippen molar-refractivity contribution in [2.75, 3.05) is 11.5 Å². The molecule has 0 radical (unpaired) electrons. The smallest absolute Gasteiger partial charge is 0.136 e. The Bertz CT molecular complexity index is 234. The van der Waals surface area contributed by atoms with E-state index in [0.717, 1.165) is 18.9 Å². The quantitative estimate of drug-likeness (QED) is 0.658. The van der Waals surface area contributed by atoms with E-state index in [1.165, 1.54) is 30.8 Å². The number of hydrogen-bond donors (Lipinski definition) is 0. The monoisotopic (exact) mass is 211 g/mol. The van der Waals surface area contributed by atoms with E-state index in [1.807, 2.05) is 0 Å². The van der Waals surface area contributed by atoms with Crippen LogP contribution in [0.25, 0.3) is 0 Å². The van der Waals surface area contributed by atoms with Crippen LogP contribution in [0.3, 0.4) is 0 Å². The van der Waals surface area contributed by atoms with E-state index in [-0.39, 0.29) is 0 Å². The predicted octanol–water partition coefficient (Wildman–Crippen LogP) is 1.69. The van der Waals surface area contributed by atoms with Crippen LogP contribution >= 0.6 is 11.8 Å². The average Bonchev–Trinajstić information content (AvgIpc) is 2.72. The van der Waals surface area contributed by atoms with E-state index in [4.69, 9.17) is 0 Å². The topological polar surface area (TPSA) is 20.3 Å². The van der Waals surface area contributed by atoms with Gasteiger partial charge in [0.2, 0.25) is 0 Å². The van der Waals surface area contributed by atoms with E-state index >= 15 is 0 Å². The van der Waals surface area contributed by atoms with Gasteiger partial charge in [-0.1, -0.05) is 0 Å². The molecular weight excluding hydrogens is 194 g/mol. The summed E-state index contributed by atoms with van der Waals surface area (Å²) in [5, 5.41) is 0. The zero-order chi connectivity index (χ0) is 9.54. The van der Waals surface area contributed by atoms with Crippen LogP contribution in [0.1, 0.15) is 32.1 Å². The molecule has 0 aliphatic carbocycles. The number of piperidine rings is 1. The number of Topliss-reactive ketones (excluding diaryl/α,β-unsaturated/α-hetero) is 1. The van der Waals surface area contributed by atoms with Crippen LogP contribution in [0, 0.1) is 0 Å². The highest BCUT2D eigenvalue weighted by Crippen LogP contribution is 2.38. The van der Waals surface area contributed by atoms with Gasteiger partial charge in [-0.05, 0) is 25.0 Å². The van der Waals surface area contributed by atoms with Crippen molar-refractivity contribution < 1.29 is 4.79 Å². The molecule has 3 aliphatic heterocycles. The van der Waals surface area contributed by atoms with Crippen LogP contribution < -0.4 is 0 Å². The van der Waals surface area contributed by atoms with E-state index in [1.54, 1.807) is 0 Å². The SMILES string of the molecule is O=C1CC2CCC(C1)N2C1CCSC1. The Morgan fingerprint density at radius 1 is 1.07 bits per heavy atom. The number of fused-ring (bicyclic) bond motifs is 2. The third-order valence-corrected chi connectivity index (χ3v) is 5.08. The Morgan fingerprint density at radius 2 is 1.79 bits per heavy atom. The number of nitrogens with zero attached hydrogens (tertiary/aromatic N) is 1. The predicted molar refractivity (Wildman–Crippen MR) is 58.6 cm³/mol. The van der Waals surface area contributed by atoms with Crippen LogP contribution in [-0.4, -0.2) is 40.3 Å². The Balaban J connectivity index is 1.77. The van der Waals surface area contributed by atoms with Gasteiger partial charge in [-0.15, -0.1) is 0 Å². The van der Waals surface area contributed by atoms with Gasteiger partial charge in [-0.2, -0.15) is 11.8 Å². The molecule has 3 heterocycles. The molecular formula is C11H17NOS. The highest BCUT2D eigenvalue weighted by atomic mass is 32.2. The van der Waals surface area contributed by atoms with E-state index < -0.39 is 0 Å². The van der Waals surface area contributed by atoms with Gasteiger partial charge in [0.1, 0.15) is 5.78 Å². The summed E-state index contributed by atoms with van der Waals surface area (Å²) in [6.45, 7) is 0. The first-order valence-corrected chi connectivity index (χ1v) is 6.87. The summed E-state index contributed by atoms with van der Waals surface area (Å²) in [7, 11) is 0. The van der Waals surface area contributed by atoms with Crippen LogP contribution in [0.2, 0.25) is 0 Å². The summed E-state index contributed by atoms with van der Waals surface area (Å²) in [5.41, 5.74) is 0. The van der Waals surface area contributed by atoms with Crippen molar-refractivity contribution in [3.05, 3.63) is 0 Å². The Labute approximate surface area is 89.4 Å². The normalized spacial score (nSPS) is 43.4. The van der Waals surface area contributed by atoms with Crippen LogP contribution in [0.4, 0.5) is 0 Å². The maximum Gasteiger partial charge on any atom is 0.136 e. The van der Waals surface area contributed by atoms with Crippen LogP contribution in [-0.2, 0) is 4.79 Å². The second kappa shape index (κ2) is 3.53. The lowest BCUT2D eigenvalue weighted by Crippen LogP contribution is -2.49. The standard InChI is InChI=1S/C11H17NOS/c13-11-5-8-1-2-9(6-11)12(8)10-3-4-14-7-10/h8-10H,1-7H2. The number of thioether (sulfide) groups is 1. The van der Waals surface area contributed by atoms with Crippen molar-refractivity contribution in [3.8, 4) is 0 Å². The molecule has 0 aromatic carbocycles. The second-order valence-electron chi connectivity index (χ2n) is 4.80. The lowest BCUT2D eigenvalue weighted by molar-refractivity contribution is -0.124. The molecule has 2 nitrogen and oxygen atoms in total. The number of hydrogen-bond acceptors (Lipinski definition) is 3. The van der Waals surface area contributed by atoms with Gasteiger partial charge in [-0.25, -0.2) is 0 Å². The Morgan fingerprint density at radius 3 is 2.36 bits per heavy atom. The number of rotatable bonds is 1. The molecule has 3 heteroatoms. The lowest BCUT2D eigenvalue weighted by atomic mass is 9.99. The van der Waals surface area contributed by atoms with Crippen molar-refractivity contribution in [1.82, 2.24) is 4.90 Å². The average molecular weight is 211 g/mol. The zero-order valence-corrected chi connectivity index (χ0v) is 9.26. The molecule has 3 saturated heterocycles. The minimum Gasteiger partial charge on any atom is -0.300 e. The molecule has 0 saturated carbocycles. The number of ketones is 1. The van der Waals surface area contributed by atoms with Gasteiger partial charge in [0, 0.05) is 36.7 Å². The highest BCUT2D eigenvalue weighted by Gasteiger charge is 2.43. The molecule has 3 atom stereocenters. The number of carbonyl (C=O) groups excluding carboxylic acids is 1. The zero-order valence-electron chi connectivity index (χ0n) is 8.45. The van der Waals surface area contributed by atoms with E-state index in [0.29, 0.717) is 17.9 Å². The van der Waals surface area contributed by atoms with E-state index in [2.05, 4.69) is 16.7 Å². The van der Waals surface area contributed by atoms with E-state index in [9.17, 15) is 4.79 Å². The van der Waals surface area contributed by atoms with Gasteiger partial charge in [0.15, 0.2) is 0 Å². The molecule has 0 N–H and O–H groups in total. The largest absolute Gasteiger partial charge is 0.300 e. The van der Waals surface area contributed by atoms with Crippen molar-refractivity contribution in [2.45, 2.75) is 50.2 Å². The maximum atomic E-state index is 11.5. The number of carbonyl (C=O) groups is 1. The van der Waals surface area contributed by atoms with Crippen molar-refractivity contribution in [2.24, 2.45) is 0 Å². The molecule has 3 rings (SSSR count). The van der Waals surface area contributed by atoms with Gasteiger partial charge < -0.3 is 0 Å². The molecule has 0 aromatic rings. The summed E-state index contributed by atoms with van der Waals surface area (Å²) < 4.78 is 0. The van der Waals surface area contributed by atoms with Gasteiger partial charge in [0.25, 0.3) is 0 Å². The minimum absolute atomic E-state index is 0.513. The summed E-state index contributed by atoms with van der Waals surface area (Å²) in [5.74, 6) is 3.15. The lowest BCUT2D eigenvalue weighted by Gasteiger charge is -2.38. The van der Waals surface area contributed by atoms with Gasteiger partial charge >= 0.3 is 0 Å². The highest BCUT2D eigenvalue weighted by molar-refractivity contribution is 7.99. The molecule has 14 heavy (non-hydrogen) atoms. The van der Waals surface area contributed by atoms with Crippen LogP contribution in [0.15, 0.2) is 0 Å².